The maximum absolute atomic E-state index is 13.0. The van der Waals surface area contributed by atoms with Gasteiger partial charge >= 0.3 is 27.6 Å². The van der Waals surface area contributed by atoms with Crippen LogP contribution in [0, 0.1) is 0 Å². The van der Waals surface area contributed by atoms with Crippen LogP contribution in [0.2, 0.25) is 0 Å². The second kappa shape index (κ2) is 37.9. The van der Waals surface area contributed by atoms with Crippen LogP contribution in [0.25, 0.3) is 0 Å². The largest absolute Gasteiger partial charge is 0.472 e. The number of carbonyl (C=O) groups excluding carboxylic acids is 2. The molecule has 0 radical (unpaired) electrons. The number of phosphoric ester groups is 2. The van der Waals surface area contributed by atoms with E-state index in [0.29, 0.717) is 19.3 Å². The predicted molar refractivity (Wildman–Crippen MR) is 250 cm³/mol. The summed E-state index contributed by atoms with van der Waals surface area (Å²) in [6.07, 6.45) is 27.9. The minimum Gasteiger partial charge on any atom is -0.462 e. The molecule has 0 bridgehead atoms. The zero-order chi connectivity index (χ0) is 48.2. The van der Waals surface area contributed by atoms with Gasteiger partial charge in [0.25, 0.3) is 0 Å². The highest BCUT2D eigenvalue weighted by Gasteiger charge is 2.54. The summed E-state index contributed by atoms with van der Waals surface area (Å²) in [5.74, 6) is -1.27. The molecule has 16 nitrogen and oxygen atoms in total. The molecule has 0 heterocycles. The molecule has 0 spiro atoms. The fraction of sp³-hybridized carbons (Fsp3) is 0.787. The van der Waals surface area contributed by atoms with Crippen LogP contribution in [-0.2, 0) is 41.8 Å². The number of ether oxygens (including phenoxy) is 2. The molecule has 0 aromatic rings. The Morgan fingerprint density at radius 2 is 0.908 bits per heavy atom. The molecule has 1 saturated carbocycles. The normalized spacial score (nSPS) is 22.0. The molecule has 1 aliphatic rings. The van der Waals surface area contributed by atoms with Gasteiger partial charge in [0.05, 0.1) is 6.61 Å². The number of unbranched alkanes of at least 4 members (excludes halogenated alkanes) is 18. The number of rotatable bonds is 40. The lowest BCUT2D eigenvalue weighted by Gasteiger charge is -2.43. The van der Waals surface area contributed by atoms with Gasteiger partial charge in [0.1, 0.15) is 43.2 Å². The van der Waals surface area contributed by atoms with E-state index in [1.807, 2.05) is 12.2 Å². The van der Waals surface area contributed by atoms with Crippen molar-refractivity contribution >= 4 is 27.6 Å². The van der Waals surface area contributed by atoms with Crippen LogP contribution in [0.5, 0.6) is 0 Å². The van der Waals surface area contributed by atoms with Gasteiger partial charge < -0.3 is 44.6 Å². The van der Waals surface area contributed by atoms with Gasteiger partial charge in [-0.1, -0.05) is 165 Å². The first-order valence-electron chi connectivity index (χ1n) is 24.2. The van der Waals surface area contributed by atoms with E-state index >= 15 is 0 Å². The molecule has 0 saturated heterocycles. The van der Waals surface area contributed by atoms with Gasteiger partial charge in [0, 0.05) is 12.8 Å². The summed E-state index contributed by atoms with van der Waals surface area (Å²) in [7, 11) is -10.7. The Morgan fingerprint density at radius 1 is 0.492 bits per heavy atom. The standard InChI is InChI=1S/C47H84O16P2/c1-3-5-7-9-11-13-15-17-19-20-22-23-25-27-29-31-33-35-40(48)59-37-39(61-41(49)36-34-32-30-28-26-24-21-18-16-14-12-10-8-6-4-2)38-60-65(57,58)63-47-44(52)42(50)43(51)46(45(47)53)62-64(54,55)56/h11,13,17,19,22-23,27,29,39,42-47,50-53H,3-10,12,14-16,18,20-21,24-26,28,30-38H2,1-2H3,(H,57,58)(H2,54,55,56)/b13-11-,19-17-,23-22-,29-27-/t39-,42?,43?,44?,45?,46-,47+/m1/s1. The average molecular weight is 967 g/mol. The van der Waals surface area contributed by atoms with E-state index in [9.17, 15) is 53.8 Å². The van der Waals surface area contributed by atoms with Crippen molar-refractivity contribution in [2.24, 2.45) is 0 Å². The van der Waals surface area contributed by atoms with Gasteiger partial charge in [0.15, 0.2) is 6.10 Å². The third-order valence-corrected chi connectivity index (χ3v) is 12.4. The summed E-state index contributed by atoms with van der Waals surface area (Å²) in [4.78, 5) is 54.3. The summed E-state index contributed by atoms with van der Waals surface area (Å²) in [6.45, 7) is 3.04. The van der Waals surface area contributed by atoms with E-state index in [1.165, 1.54) is 83.5 Å². The molecule has 0 aromatic carbocycles. The summed E-state index contributed by atoms with van der Waals surface area (Å²) >= 11 is 0. The molecule has 1 rings (SSSR count). The van der Waals surface area contributed by atoms with Gasteiger partial charge in [-0.3, -0.25) is 23.2 Å². The van der Waals surface area contributed by atoms with Crippen molar-refractivity contribution in [1.82, 2.24) is 0 Å². The molecule has 7 N–H and O–H groups in total. The number of hydrogen-bond donors (Lipinski definition) is 7. The van der Waals surface area contributed by atoms with Crippen LogP contribution in [0.1, 0.15) is 181 Å². The molecule has 65 heavy (non-hydrogen) atoms. The molecule has 5 unspecified atom stereocenters. The van der Waals surface area contributed by atoms with E-state index in [4.69, 9.17) is 18.5 Å². The van der Waals surface area contributed by atoms with Crippen molar-refractivity contribution < 1.29 is 76.9 Å². The van der Waals surface area contributed by atoms with E-state index in [-0.39, 0.29) is 12.8 Å². The number of hydrogen-bond acceptors (Lipinski definition) is 13. The maximum atomic E-state index is 13.0. The van der Waals surface area contributed by atoms with Gasteiger partial charge in [-0.2, -0.15) is 0 Å². The van der Waals surface area contributed by atoms with Gasteiger partial charge in [-0.15, -0.1) is 0 Å². The molecule has 18 heteroatoms. The Morgan fingerprint density at radius 3 is 1.40 bits per heavy atom. The van der Waals surface area contributed by atoms with Gasteiger partial charge in [-0.25, -0.2) is 9.13 Å². The molecular formula is C47H84O16P2. The molecule has 0 amide bonds. The molecule has 1 fully saturated rings. The van der Waals surface area contributed by atoms with E-state index in [0.717, 1.165) is 51.4 Å². The predicted octanol–water partition coefficient (Wildman–Crippen LogP) is 9.29. The number of carbonyl (C=O) groups is 2. The average Bonchev–Trinajstić information content (AvgIpc) is 3.26. The number of esters is 2. The Labute approximate surface area is 388 Å². The molecule has 0 aliphatic heterocycles. The minimum atomic E-state index is -5.37. The third-order valence-electron chi connectivity index (χ3n) is 10.9. The Bertz CT molecular complexity index is 1450. The highest BCUT2D eigenvalue weighted by Crippen LogP contribution is 2.49. The highest BCUT2D eigenvalue weighted by atomic mass is 31.2. The SMILES string of the molecule is CCCCC/C=C\C/C=C\C/C=C\C/C=C\CCCC(=O)OC[C@H](COP(=O)(O)O[C@H]1C(O)C(O)C(O)[C@@H](OP(=O)(O)O)C1O)OC(=O)CCCCCCCCCCCCCCCCC. The zero-order valence-corrected chi connectivity index (χ0v) is 40.9. The minimum absolute atomic E-state index is 0.0344. The summed E-state index contributed by atoms with van der Waals surface area (Å²) < 4.78 is 49.3. The van der Waals surface area contributed by atoms with Crippen molar-refractivity contribution in [2.75, 3.05) is 13.2 Å². The molecule has 1 aliphatic carbocycles. The fourth-order valence-corrected chi connectivity index (χ4v) is 8.68. The molecule has 378 valence electrons. The third kappa shape index (κ3) is 32.4. The van der Waals surface area contributed by atoms with Crippen molar-refractivity contribution in [1.29, 1.82) is 0 Å². The quantitative estimate of drug-likeness (QED) is 0.0131. The topological polar surface area (TPSA) is 256 Å². The van der Waals surface area contributed by atoms with Crippen LogP contribution in [0.4, 0.5) is 0 Å². The van der Waals surface area contributed by atoms with E-state index in [2.05, 4.69) is 54.8 Å². The summed E-state index contributed by atoms with van der Waals surface area (Å²) in [5, 5.41) is 41.2. The second-order valence-corrected chi connectivity index (χ2v) is 19.4. The van der Waals surface area contributed by atoms with Crippen LogP contribution in [0.3, 0.4) is 0 Å². The Kier molecular flexibility index (Phi) is 35.5. The van der Waals surface area contributed by atoms with Crippen molar-refractivity contribution in [2.45, 2.75) is 224 Å². The van der Waals surface area contributed by atoms with Crippen LogP contribution >= 0.6 is 15.6 Å². The lowest BCUT2D eigenvalue weighted by atomic mass is 9.85. The van der Waals surface area contributed by atoms with E-state index < -0.39 is 83.5 Å². The van der Waals surface area contributed by atoms with Gasteiger partial charge in [-0.05, 0) is 51.4 Å². The lowest BCUT2D eigenvalue weighted by Crippen LogP contribution is -2.64. The summed E-state index contributed by atoms with van der Waals surface area (Å²) in [5.41, 5.74) is 0. The lowest BCUT2D eigenvalue weighted by molar-refractivity contribution is -0.216. The highest BCUT2D eigenvalue weighted by molar-refractivity contribution is 7.47. The molecule has 8 atom stereocenters. The first kappa shape index (κ1) is 61.0. The molecular weight excluding hydrogens is 882 g/mol. The van der Waals surface area contributed by atoms with Crippen molar-refractivity contribution in [3.8, 4) is 0 Å². The fourth-order valence-electron chi connectivity index (χ4n) is 7.14. The zero-order valence-electron chi connectivity index (χ0n) is 39.2. The Hall–Kier alpha value is -2.04. The Balaban J connectivity index is 2.62. The number of aliphatic hydroxyl groups is 4. The van der Waals surface area contributed by atoms with E-state index in [1.54, 1.807) is 0 Å². The number of aliphatic hydroxyl groups excluding tert-OH is 4. The number of allylic oxidation sites excluding steroid dienone is 8. The first-order valence-corrected chi connectivity index (χ1v) is 27.2. The monoisotopic (exact) mass is 967 g/mol. The van der Waals surface area contributed by atoms with Crippen LogP contribution < -0.4 is 0 Å². The van der Waals surface area contributed by atoms with Crippen molar-refractivity contribution in [3.05, 3.63) is 48.6 Å². The second-order valence-electron chi connectivity index (χ2n) is 16.8. The summed E-state index contributed by atoms with van der Waals surface area (Å²) in [6, 6.07) is 0. The number of phosphoric acid groups is 2. The van der Waals surface area contributed by atoms with Crippen LogP contribution in [-0.4, -0.2) is 103 Å². The molecule has 0 aromatic heterocycles. The first-order chi connectivity index (χ1) is 31.1. The van der Waals surface area contributed by atoms with Gasteiger partial charge in [0.2, 0.25) is 0 Å². The smallest absolute Gasteiger partial charge is 0.462 e. The maximum Gasteiger partial charge on any atom is 0.472 e. The van der Waals surface area contributed by atoms with Crippen LogP contribution in [0.15, 0.2) is 48.6 Å². The van der Waals surface area contributed by atoms with Crippen molar-refractivity contribution in [3.63, 3.8) is 0 Å².